The number of aromatic nitrogens is 2. The molecule has 4 nitrogen and oxygen atoms in total. The van der Waals surface area contributed by atoms with Gasteiger partial charge in [0.15, 0.2) is 5.82 Å². The molecule has 0 unspecified atom stereocenters. The highest BCUT2D eigenvalue weighted by atomic mass is 15.2. The summed E-state index contributed by atoms with van der Waals surface area (Å²) in [6.07, 6.45) is 4.88. The second kappa shape index (κ2) is 5.83. The molecule has 4 heteroatoms. The summed E-state index contributed by atoms with van der Waals surface area (Å²) in [6.45, 7) is 8.40. The second-order valence-electron chi connectivity index (χ2n) is 5.57. The number of nitrogens with zero attached hydrogens (tertiary/aromatic N) is 3. The van der Waals surface area contributed by atoms with Crippen molar-refractivity contribution in [1.82, 2.24) is 14.7 Å². The fourth-order valence-electron chi connectivity index (χ4n) is 2.67. The van der Waals surface area contributed by atoms with Crippen LogP contribution >= 0.6 is 0 Å². The van der Waals surface area contributed by atoms with Gasteiger partial charge >= 0.3 is 0 Å². The number of anilines is 1. The predicted octanol–water partition coefficient (Wildman–Crippen LogP) is 2.68. The monoisotopic (exact) mass is 272 g/mol. The third kappa shape index (κ3) is 2.66. The largest absolute Gasteiger partial charge is 0.355 e. The zero-order valence-corrected chi connectivity index (χ0v) is 12.5. The van der Waals surface area contributed by atoms with Gasteiger partial charge in [-0.05, 0) is 44.4 Å². The zero-order chi connectivity index (χ0) is 13.9. The number of imidazole rings is 1. The summed E-state index contributed by atoms with van der Waals surface area (Å²) < 4.78 is 2.22. The summed E-state index contributed by atoms with van der Waals surface area (Å²) in [7, 11) is 0. The Kier molecular flexibility index (Phi) is 3.92. The number of hydrogen-bond acceptors (Lipinski definition) is 3. The molecule has 0 radical (unpaired) electrons. The van der Waals surface area contributed by atoms with Crippen molar-refractivity contribution >= 4 is 11.5 Å². The van der Waals surface area contributed by atoms with Gasteiger partial charge in [-0.2, -0.15) is 0 Å². The van der Waals surface area contributed by atoms with Gasteiger partial charge in [0.2, 0.25) is 0 Å². The predicted molar refractivity (Wildman–Crippen MR) is 83.2 cm³/mol. The molecule has 1 N–H and O–H groups in total. The van der Waals surface area contributed by atoms with Gasteiger partial charge in [-0.1, -0.05) is 13.0 Å². The molecule has 0 amide bonds. The molecule has 3 rings (SSSR count). The Balaban J connectivity index is 1.97. The summed E-state index contributed by atoms with van der Waals surface area (Å²) in [6, 6.07) is 6.22. The molecule has 0 saturated heterocycles. The molecule has 2 aromatic heterocycles. The molecular weight excluding hydrogens is 248 g/mol. The molecule has 0 aromatic carbocycles. The van der Waals surface area contributed by atoms with E-state index in [1.165, 1.54) is 18.5 Å². The maximum absolute atomic E-state index is 4.87. The van der Waals surface area contributed by atoms with E-state index in [1.54, 1.807) is 0 Å². The lowest BCUT2D eigenvalue weighted by atomic mass is 10.3. The molecule has 2 heterocycles. The van der Waals surface area contributed by atoms with Crippen LogP contribution in [0.3, 0.4) is 0 Å². The molecule has 0 aliphatic heterocycles. The molecule has 0 bridgehead atoms. The highest BCUT2D eigenvalue weighted by molar-refractivity contribution is 5.56. The highest BCUT2D eigenvalue weighted by Gasteiger charge is 2.26. The Hall–Kier alpha value is -1.55. The van der Waals surface area contributed by atoms with Crippen LogP contribution in [0.15, 0.2) is 24.4 Å². The fraction of sp³-hybridized carbons (Fsp3) is 0.562. The normalized spacial score (nSPS) is 14.9. The molecule has 0 atom stereocenters. The van der Waals surface area contributed by atoms with Crippen LogP contribution in [0.25, 0.3) is 5.65 Å². The highest BCUT2D eigenvalue weighted by Crippen LogP contribution is 2.32. The summed E-state index contributed by atoms with van der Waals surface area (Å²) in [5.74, 6) is 2.04. The van der Waals surface area contributed by atoms with E-state index in [0.29, 0.717) is 0 Å². The maximum Gasteiger partial charge on any atom is 0.152 e. The van der Waals surface area contributed by atoms with Crippen LogP contribution in [0.2, 0.25) is 0 Å². The van der Waals surface area contributed by atoms with Gasteiger partial charge in [-0.3, -0.25) is 0 Å². The van der Waals surface area contributed by atoms with Gasteiger partial charge in [0, 0.05) is 25.8 Å². The van der Waals surface area contributed by atoms with Crippen LogP contribution in [-0.2, 0) is 6.54 Å². The number of hydrogen-bond donors (Lipinski definition) is 1. The molecule has 20 heavy (non-hydrogen) atoms. The molecule has 108 valence electrons. The Bertz CT molecular complexity index is 571. The van der Waals surface area contributed by atoms with Crippen LogP contribution in [0.1, 0.15) is 32.4 Å². The van der Waals surface area contributed by atoms with Gasteiger partial charge in [0.05, 0.1) is 5.69 Å². The fourth-order valence-corrected chi connectivity index (χ4v) is 2.67. The van der Waals surface area contributed by atoms with Crippen LogP contribution in [0, 0.1) is 5.92 Å². The van der Waals surface area contributed by atoms with E-state index in [2.05, 4.69) is 52.9 Å². The van der Waals surface area contributed by atoms with Crippen molar-refractivity contribution in [3.05, 3.63) is 30.1 Å². The van der Waals surface area contributed by atoms with Crippen molar-refractivity contribution in [2.24, 2.45) is 5.92 Å². The molecule has 1 aliphatic carbocycles. The van der Waals surface area contributed by atoms with E-state index < -0.39 is 0 Å². The molecule has 0 spiro atoms. The number of fused-ring (bicyclic) bond motifs is 1. The molecule has 2 aromatic rings. The lowest BCUT2D eigenvalue weighted by molar-refractivity contribution is 0.687. The van der Waals surface area contributed by atoms with Gasteiger partial charge in [-0.25, -0.2) is 4.98 Å². The molecule has 1 aliphatic rings. The van der Waals surface area contributed by atoms with Crippen LogP contribution in [0.4, 0.5) is 5.82 Å². The van der Waals surface area contributed by atoms with E-state index >= 15 is 0 Å². The molecule has 1 fully saturated rings. The van der Waals surface area contributed by atoms with Crippen molar-refractivity contribution in [3.63, 3.8) is 0 Å². The summed E-state index contributed by atoms with van der Waals surface area (Å²) >= 11 is 0. The van der Waals surface area contributed by atoms with Crippen molar-refractivity contribution in [3.8, 4) is 0 Å². The first kappa shape index (κ1) is 13.4. The standard InChI is InChI=1S/C16H24N4/c1-3-17-11-14-16(19(4-2)12-13-8-9-13)18-15-7-5-6-10-20(14)15/h5-7,10,13,17H,3-4,8-9,11-12H2,1-2H3. The third-order valence-corrected chi connectivity index (χ3v) is 4.01. The van der Waals surface area contributed by atoms with E-state index in [-0.39, 0.29) is 0 Å². The van der Waals surface area contributed by atoms with Crippen LogP contribution < -0.4 is 10.2 Å². The van der Waals surface area contributed by atoms with Crippen molar-refractivity contribution in [2.75, 3.05) is 24.5 Å². The summed E-state index contributed by atoms with van der Waals surface area (Å²) in [5, 5.41) is 3.44. The molecular formula is C16H24N4. The topological polar surface area (TPSA) is 32.6 Å². The van der Waals surface area contributed by atoms with E-state index in [4.69, 9.17) is 4.98 Å². The van der Waals surface area contributed by atoms with Crippen LogP contribution in [0.5, 0.6) is 0 Å². The minimum Gasteiger partial charge on any atom is -0.355 e. The van der Waals surface area contributed by atoms with Gasteiger partial charge < -0.3 is 14.6 Å². The lowest BCUT2D eigenvalue weighted by Crippen LogP contribution is -2.27. The van der Waals surface area contributed by atoms with Crippen molar-refractivity contribution in [2.45, 2.75) is 33.2 Å². The van der Waals surface area contributed by atoms with E-state index in [0.717, 1.165) is 43.6 Å². The second-order valence-corrected chi connectivity index (χ2v) is 5.57. The first-order valence-electron chi connectivity index (χ1n) is 7.75. The van der Waals surface area contributed by atoms with Crippen molar-refractivity contribution < 1.29 is 0 Å². The van der Waals surface area contributed by atoms with Gasteiger partial charge in [0.1, 0.15) is 5.65 Å². The first-order chi connectivity index (χ1) is 9.83. The number of rotatable bonds is 7. The van der Waals surface area contributed by atoms with E-state index in [1.807, 2.05) is 0 Å². The SMILES string of the molecule is CCNCc1c(N(CC)CC2CC2)nc2ccccn12. The van der Waals surface area contributed by atoms with Crippen molar-refractivity contribution in [1.29, 1.82) is 0 Å². The zero-order valence-electron chi connectivity index (χ0n) is 12.5. The smallest absolute Gasteiger partial charge is 0.152 e. The summed E-state index contributed by atoms with van der Waals surface area (Å²) in [4.78, 5) is 7.31. The Labute approximate surface area is 120 Å². The number of pyridine rings is 1. The van der Waals surface area contributed by atoms with Crippen LogP contribution in [-0.4, -0.2) is 29.0 Å². The third-order valence-electron chi connectivity index (χ3n) is 4.01. The number of nitrogens with one attached hydrogen (secondary N) is 1. The molecule has 1 saturated carbocycles. The minimum atomic E-state index is 0.873. The lowest BCUT2D eigenvalue weighted by Gasteiger charge is -2.22. The Morgan fingerprint density at radius 2 is 2.20 bits per heavy atom. The maximum atomic E-state index is 4.87. The minimum absolute atomic E-state index is 0.873. The first-order valence-corrected chi connectivity index (χ1v) is 7.75. The Morgan fingerprint density at radius 3 is 2.90 bits per heavy atom. The quantitative estimate of drug-likeness (QED) is 0.841. The average molecular weight is 272 g/mol. The average Bonchev–Trinajstić information content (AvgIpc) is 3.22. The Morgan fingerprint density at radius 1 is 1.35 bits per heavy atom. The summed E-state index contributed by atoms with van der Waals surface area (Å²) in [5.41, 5.74) is 2.33. The van der Waals surface area contributed by atoms with E-state index in [9.17, 15) is 0 Å². The van der Waals surface area contributed by atoms with Gasteiger partial charge in [0.25, 0.3) is 0 Å². The van der Waals surface area contributed by atoms with Gasteiger partial charge in [-0.15, -0.1) is 0 Å².